The van der Waals surface area contributed by atoms with Gasteiger partial charge in [-0.1, -0.05) is 19.9 Å². The van der Waals surface area contributed by atoms with Crippen LogP contribution in [0.4, 0.5) is 5.69 Å². The summed E-state index contributed by atoms with van der Waals surface area (Å²) in [5, 5.41) is 10.5. The van der Waals surface area contributed by atoms with Crippen molar-refractivity contribution in [1.29, 1.82) is 0 Å². The molecule has 1 fully saturated rings. The first-order valence-corrected chi connectivity index (χ1v) is 8.41. The maximum absolute atomic E-state index is 12.2. The van der Waals surface area contributed by atoms with Crippen LogP contribution in [0.15, 0.2) is 22.6 Å². The number of nitrogens with zero attached hydrogens (tertiary/aromatic N) is 2. The van der Waals surface area contributed by atoms with E-state index in [2.05, 4.69) is 29.4 Å². The molecule has 0 unspecified atom stereocenters. The average molecular weight is 329 g/mol. The fourth-order valence-electron chi connectivity index (χ4n) is 2.24. The van der Waals surface area contributed by atoms with Gasteiger partial charge in [-0.3, -0.25) is 4.79 Å². The molecule has 0 atom stereocenters. The summed E-state index contributed by atoms with van der Waals surface area (Å²) in [6.07, 6.45) is 3.10. The lowest BCUT2D eigenvalue weighted by Gasteiger charge is -2.12. The van der Waals surface area contributed by atoms with E-state index >= 15 is 0 Å². The van der Waals surface area contributed by atoms with Crippen LogP contribution in [0.1, 0.15) is 61.2 Å². The zero-order valence-electron chi connectivity index (χ0n) is 14.3. The van der Waals surface area contributed by atoms with E-state index in [1.807, 2.05) is 25.1 Å². The topological polar surface area (TPSA) is 77.3 Å². The summed E-state index contributed by atoms with van der Waals surface area (Å²) in [4.78, 5) is 12.2. The van der Waals surface area contributed by atoms with Crippen LogP contribution in [0.5, 0.6) is 5.75 Å². The highest BCUT2D eigenvalue weighted by Crippen LogP contribution is 2.39. The number of hydrogen-bond donors (Lipinski definition) is 1. The summed E-state index contributed by atoms with van der Waals surface area (Å²) < 4.78 is 11.2. The van der Waals surface area contributed by atoms with Crippen LogP contribution in [0.3, 0.4) is 0 Å². The number of aryl methyl sites for hydroxylation is 1. The van der Waals surface area contributed by atoms with Crippen molar-refractivity contribution < 1.29 is 13.9 Å². The highest BCUT2D eigenvalue weighted by molar-refractivity contribution is 6.00. The van der Waals surface area contributed by atoms with Crippen molar-refractivity contribution in [3.8, 4) is 5.75 Å². The number of anilines is 1. The van der Waals surface area contributed by atoms with Crippen LogP contribution in [-0.4, -0.2) is 22.7 Å². The third-order valence-corrected chi connectivity index (χ3v) is 3.96. The van der Waals surface area contributed by atoms with Gasteiger partial charge in [0.05, 0.1) is 6.61 Å². The molecule has 6 nitrogen and oxygen atoms in total. The molecule has 0 spiro atoms. The molecule has 0 bridgehead atoms. The largest absolute Gasteiger partial charge is 0.493 e. The minimum absolute atomic E-state index is 0.000230. The number of ether oxygens (including phenoxy) is 1. The van der Waals surface area contributed by atoms with Gasteiger partial charge >= 0.3 is 11.8 Å². The molecule has 0 saturated heterocycles. The minimum Gasteiger partial charge on any atom is -0.493 e. The van der Waals surface area contributed by atoms with Crippen molar-refractivity contribution in [2.45, 2.75) is 46.0 Å². The normalized spacial score (nSPS) is 14.0. The zero-order valence-corrected chi connectivity index (χ0v) is 14.3. The number of nitrogens with one attached hydrogen (secondary N) is 1. The first-order valence-electron chi connectivity index (χ1n) is 8.41. The number of benzene rings is 1. The molecule has 1 aliphatic rings. The van der Waals surface area contributed by atoms with Gasteiger partial charge < -0.3 is 14.5 Å². The van der Waals surface area contributed by atoms with Gasteiger partial charge in [0.25, 0.3) is 0 Å². The van der Waals surface area contributed by atoms with Crippen LogP contribution in [0.2, 0.25) is 0 Å². The zero-order chi connectivity index (χ0) is 17.1. The molecule has 2 aromatic rings. The van der Waals surface area contributed by atoms with E-state index in [0.29, 0.717) is 30.0 Å². The Morgan fingerprint density at radius 2 is 2.17 bits per heavy atom. The molecule has 1 aliphatic carbocycles. The number of aromatic nitrogens is 2. The van der Waals surface area contributed by atoms with E-state index < -0.39 is 5.91 Å². The van der Waals surface area contributed by atoms with Crippen LogP contribution in [0, 0.1) is 12.8 Å². The number of hydrogen-bond acceptors (Lipinski definition) is 5. The van der Waals surface area contributed by atoms with Gasteiger partial charge in [0.2, 0.25) is 5.89 Å². The first kappa shape index (κ1) is 16.5. The molecule has 1 aromatic heterocycles. The fourth-order valence-corrected chi connectivity index (χ4v) is 2.24. The van der Waals surface area contributed by atoms with E-state index in [-0.39, 0.29) is 5.89 Å². The molecule has 0 radical (unpaired) electrons. The van der Waals surface area contributed by atoms with E-state index in [9.17, 15) is 4.79 Å². The fraction of sp³-hybridized carbons (Fsp3) is 0.500. The van der Waals surface area contributed by atoms with Crippen molar-refractivity contribution in [2.24, 2.45) is 5.92 Å². The Bertz CT molecular complexity index is 720. The molecule has 1 N–H and O–H groups in total. The Morgan fingerprint density at radius 1 is 1.38 bits per heavy atom. The van der Waals surface area contributed by atoms with Crippen LogP contribution >= 0.6 is 0 Å². The SMILES string of the molecule is Cc1ccc(NC(=O)c2nnc(C3CC3)o2)cc1OCCC(C)C. The summed E-state index contributed by atoms with van der Waals surface area (Å²) in [6.45, 7) is 6.96. The lowest BCUT2D eigenvalue weighted by atomic mass is 10.1. The summed E-state index contributed by atoms with van der Waals surface area (Å²) in [5.74, 6) is 1.86. The van der Waals surface area contributed by atoms with Crippen LogP contribution < -0.4 is 10.1 Å². The van der Waals surface area contributed by atoms with E-state index in [1.54, 1.807) is 0 Å². The Hall–Kier alpha value is -2.37. The molecule has 0 aliphatic heterocycles. The molecule has 1 aromatic carbocycles. The predicted octanol–water partition coefficient (Wildman–Crippen LogP) is 3.93. The van der Waals surface area contributed by atoms with Gasteiger partial charge in [0.1, 0.15) is 5.75 Å². The molecule has 1 amide bonds. The van der Waals surface area contributed by atoms with Gasteiger partial charge in [-0.25, -0.2) is 0 Å². The van der Waals surface area contributed by atoms with E-state index in [4.69, 9.17) is 9.15 Å². The second-order valence-corrected chi connectivity index (χ2v) is 6.69. The number of carbonyl (C=O) groups excluding carboxylic acids is 1. The average Bonchev–Trinajstić information content (AvgIpc) is 3.27. The van der Waals surface area contributed by atoms with Gasteiger partial charge in [0.15, 0.2) is 0 Å². The Labute approximate surface area is 141 Å². The standard InChI is InChI=1S/C18H23N3O3/c1-11(2)8-9-23-15-10-14(7-4-12(15)3)19-16(22)18-21-20-17(24-18)13-5-6-13/h4,7,10-11,13H,5-6,8-9H2,1-3H3,(H,19,22). The summed E-state index contributed by atoms with van der Waals surface area (Å²) in [5.41, 5.74) is 1.68. The van der Waals surface area contributed by atoms with E-state index in [1.165, 1.54) is 0 Å². The molecule has 6 heteroatoms. The molecule has 3 rings (SSSR count). The third-order valence-electron chi connectivity index (χ3n) is 3.96. The summed E-state index contributed by atoms with van der Waals surface area (Å²) >= 11 is 0. The highest BCUT2D eigenvalue weighted by atomic mass is 16.5. The smallest absolute Gasteiger partial charge is 0.313 e. The summed E-state index contributed by atoms with van der Waals surface area (Å²) in [6, 6.07) is 5.58. The van der Waals surface area contributed by atoms with Crippen molar-refractivity contribution in [3.63, 3.8) is 0 Å². The number of carbonyl (C=O) groups is 1. The lowest BCUT2D eigenvalue weighted by molar-refractivity contribution is 0.0988. The maximum Gasteiger partial charge on any atom is 0.313 e. The molecular formula is C18H23N3O3. The molecule has 1 heterocycles. The predicted molar refractivity (Wildman–Crippen MR) is 90.4 cm³/mol. The van der Waals surface area contributed by atoms with Gasteiger partial charge in [0, 0.05) is 17.7 Å². The highest BCUT2D eigenvalue weighted by Gasteiger charge is 2.30. The first-order chi connectivity index (χ1) is 11.5. The maximum atomic E-state index is 12.2. The van der Waals surface area contributed by atoms with Crippen molar-refractivity contribution in [2.75, 3.05) is 11.9 Å². The second kappa shape index (κ2) is 7.03. The van der Waals surface area contributed by atoms with Crippen molar-refractivity contribution >= 4 is 11.6 Å². The monoisotopic (exact) mass is 329 g/mol. The minimum atomic E-state index is -0.397. The Kier molecular flexibility index (Phi) is 4.83. The van der Waals surface area contributed by atoms with Crippen LogP contribution in [0.25, 0.3) is 0 Å². The van der Waals surface area contributed by atoms with E-state index in [0.717, 1.165) is 30.6 Å². The quantitative estimate of drug-likeness (QED) is 0.832. The second-order valence-electron chi connectivity index (χ2n) is 6.69. The molecular weight excluding hydrogens is 306 g/mol. The lowest BCUT2D eigenvalue weighted by Crippen LogP contribution is -2.12. The number of amides is 1. The third kappa shape index (κ3) is 4.13. The Morgan fingerprint density at radius 3 is 2.88 bits per heavy atom. The van der Waals surface area contributed by atoms with Crippen molar-refractivity contribution in [3.05, 3.63) is 35.5 Å². The van der Waals surface area contributed by atoms with Crippen molar-refractivity contribution in [1.82, 2.24) is 10.2 Å². The van der Waals surface area contributed by atoms with Crippen LogP contribution in [-0.2, 0) is 0 Å². The molecule has 1 saturated carbocycles. The van der Waals surface area contributed by atoms with Gasteiger partial charge in [-0.15, -0.1) is 10.2 Å². The van der Waals surface area contributed by atoms with Gasteiger partial charge in [-0.05, 0) is 43.7 Å². The number of rotatable bonds is 7. The molecule has 128 valence electrons. The molecule has 24 heavy (non-hydrogen) atoms. The Balaban J connectivity index is 1.64. The van der Waals surface area contributed by atoms with Gasteiger partial charge in [-0.2, -0.15) is 0 Å². The summed E-state index contributed by atoms with van der Waals surface area (Å²) in [7, 11) is 0.